The summed E-state index contributed by atoms with van der Waals surface area (Å²) in [5.41, 5.74) is 1.14. The van der Waals surface area contributed by atoms with Gasteiger partial charge in [-0.1, -0.05) is 6.07 Å². The summed E-state index contributed by atoms with van der Waals surface area (Å²) in [5.74, 6) is 2.38. The van der Waals surface area contributed by atoms with Gasteiger partial charge in [0, 0.05) is 31.7 Å². The first-order valence-electron chi connectivity index (χ1n) is 10.8. The number of aliphatic imine (C=N–C) groups is 1. The molecule has 0 amide bonds. The van der Waals surface area contributed by atoms with Crippen LogP contribution in [0, 0.1) is 5.41 Å². The first-order valence-corrected chi connectivity index (χ1v) is 10.8. The Morgan fingerprint density at radius 1 is 1.17 bits per heavy atom. The number of hydrogen-bond donors (Lipinski definition) is 3. The van der Waals surface area contributed by atoms with Gasteiger partial charge in [0.2, 0.25) is 0 Å². The van der Waals surface area contributed by atoms with E-state index >= 15 is 0 Å². The molecule has 3 N–H and O–H groups in total. The first kappa shape index (κ1) is 26.8. The van der Waals surface area contributed by atoms with Gasteiger partial charge in [-0.05, 0) is 57.7 Å². The van der Waals surface area contributed by atoms with Crippen molar-refractivity contribution < 1.29 is 19.3 Å². The summed E-state index contributed by atoms with van der Waals surface area (Å²) in [6.07, 6.45) is 2.52. The van der Waals surface area contributed by atoms with Gasteiger partial charge in [-0.15, -0.1) is 24.0 Å². The number of rotatable bonds is 12. The van der Waals surface area contributed by atoms with E-state index in [2.05, 4.69) is 23.6 Å². The Morgan fingerprint density at radius 2 is 1.93 bits per heavy atom. The van der Waals surface area contributed by atoms with Crippen LogP contribution in [0.2, 0.25) is 0 Å². The molecule has 1 fully saturated rings. The smallest absolute Gasteiger partial charge is 0.191 e. The highest BCUT2D eigenvalue weighted by atomic mass is 127. The third-order valence-electron chi connectivity index (χ3n) is 5.06. The first-order chi connectivity index (χ1) is 14.2. The van der Waals surface area contributed by atoms with Gasteiger partial charge in [-0.2, -0.15) is 0 Å². The molecule has 1 aromatic carbocycles. The van der Waals surface area contributed by atoms with E-state index in [1.54, 1.807) is 0 Å². The fourth-order valence-corrected chi connectivity index (χ4v) is 3.45. The number of nitrogens with zero attached hydrogens (tertiary/aromatic N) is 1. The summed E-state index contributed by atoms with van der Waals surface area (Å²) in [7, 11) is 0. The van der Waals surface area contributed by atoms with Crippen molar-refractivity contribution in [3.8, 4) is 11.5 Å². The minimum Gasteiger partial charge on any atom is -0.490 e. The van der Waals surface area contributed by atoms with Gasteiger partial charge in [-0.3, -0.25) is 4.99 Å². The number of halogens is 1. The van der Waals surface area contributed by atoms with E-state index in [1.807, 2.05) is 26.0 Å². The quantitative estimate of drug-likeness (QED) is 0.217. The highest BCUT2D eigenvalue weighted by Crippen LogP contribution is 2.32. The van der Waals surface area contributed by atoms with Crippen LogP contribution in [0.3, 0.4) is 0 Å². The van der Waals surface area contributed by atoms with Gasteiger partial charge in [0.15, 0.2) is 17.5 Å². The highest BCUT2D eigenvalue weighted by molar-refractivity contribution is 14.0. The lowest BCUT2D eigenvalue weighted by atomic mass is 9.84. The average Bonchev–Trinajstić information content (AvgIpc) is 3.17. The maximum Gasteiger partial charge on any atom is 0.191 e. The molecule has 7 nitrogen and oxygen atoms in total. The van der Waals surface area contributed by atoms with Crippen molar-refractivity contribution in [2.45, 2.75) is 40.0 Å². The largest absolute Gasteiger partial charge is 0.490 e. The molecule has 1 heterocycles. The number of ether oxygens (including phenoxy) is 3. The number of benzene rings is 1. The van der Waals surface area contributed by atoms with Crippen molar-refractivity contribution in [1.82, 2.24) is 10.6 Å². The molecule has 0 spiro atoms. The molecule has 30 heavy (non-hydrogen) atoms. The van der Waals surface area contributed by atoms with Gasteiger partial charge >= 0.3 is 0 Å². The molecule has 0 radical (unpaired) electrons. The maximum absolute atomic E-state index is 9.39. The monoisotopic (exact) mass is 535 g/mol. The number of nitrogens with one attached hydrogen (secondary N) is 2. The summed E-state index contributed by atoms with van der Waals surface area (Å²) >= 11 is 0. The third-order valence-corrected chi connectivity index (χ3v) is 5.06. The van der Waals surface area contributed by atoms with Crippen molar-refractivity contribution >= 4 is 29.9 Å². The van der Waals surface area contributed by atoms with E-state index in [1.165, 1.54) is 5.56 Å². The second-order valence-electron chi connectivity index (χ2n) is 7.30. The number of aliphatic hydroxyl groups is 1. The molecule has 0 bridgehead atoms. The van der Waals surface area contributed by atoms with E-state index in [9.17, 15) is 5.11 Å². The minimum absolute atomic E-state index is 0. The molecule has 1 atom stereocenters. The van der Waals surface area contributed by atoms with Gasteiger partial charge in [0.1, 0.15) is 0 Å². The summed E-state index contributed by atoms with van der Waals surface area (Å²) in [6, 6.07) is 6.10. The van der Waals surface area contributed by atoms with Crippen molar-refractivity contribution in [3.63, 3.8) is 0 Å². The molecule has 0 saturated carbocycles. The Labute approximate surface area is 198 Å². The molecule has 1 aliphatic heterocycles. The van der Waals surface area contributed by atoms with Crippen LogP contribution in [0.1, 0.15) is 39.2 Å². The predicted octanol–water partition coefficient (Wildman–Crippen LogP) is 2.99. The van der Waals surface area contributed by atoms with E-state index in [-0.39, 0.29) is 36.0 Å². The van der Waals surface area contributed by atoms with E-state index in [0.29, 0.717) is 26.4 Å². The lowest BCUT2D eigenvalue weighted by Gasteiger charge is -2.24. The minimum atomic E-state index is -0.0431. The standard InChI is InChI=1S/C22H37N3O4.HI/c1-4-23-21(25-16-22(10-13-26)11-14-27-17-22)24-12-9-18-7-8-19(28-5-2)20(15-18)29-6-3;/h7-8,15,26H,4-6,9-14,16-17H2,1-3H3,(H2,23,24,25);1H. The Morgan fingerprint density at radius 3 is 2.57 bits per heavy atom. The van der Waals surface area contributed by atoms with Gasteiger partial charge in [0.05, 0.1) is 26.4 Å². The lowest BCUT2D eigenvalue weighted by Crippen LogP contribution is -2.39. The Kier molecular flexibility index (Phi) is 13.1. The fourth-order valence-electron chi connectivity index (χ4n) is 3.45. The van der Waals surface area contributed by atoms with Crippen LogP contribution in [-0.4, -0.2) is 63.7 Å². The molecule has 1 aromatic rings. The molecule has 1 saturated heterocycles. The molecule has 8 heteroatoms. The second kappa shape index (κ2) is 14.7. The summed E-state index contributed by atoms with van der Waals surface area (Å²) < 4.78 is 16.9. The summed E-state index contributed by atoms with van der Waals surface area (Å²) in [4.78, 5) is 4.76. The van der Waals surface area contributed by atoms with Crippen LogP contribution >= 0.6 is 24.0 Å². The van der Waals surface area contributed by atoms with Crippen molar-refractivity contribution in [3.05, 3.63) is 23.8 Å². The summed E-state index contributed by atoms with van der Waals surface area (Å²) in [5, 5.41) is 16.1. The molecule has 1 unspecified atom stereocenters. The Bertz CT molecular complexity index is 637. The van der Waals surface area contributed by atoms with Crippen LogP contribution in [0.4, 0.5) is 0 Å². The van der Waals surface area contributed by atoms with Gasteiger partial charge < -0.3 is 30.0 Å². The second-order valence-corrected chi connectivity index (χ2v) is 7.30. The molecule has 0 aliphatic carbocycles. The summed E-state index contributed by atoms with van der Waals surface area (Å²) in [6.45, 7) is 11.0. The maximum atomic E-state index is 9.39. The van der Waals surface area contributed by atoms with Crippen LogP contribution < -0.4 is 20.1 Å². The zero-order valence-corrected chi connectivity index (χ0v) is 20.9. The van der Waals surface area contributed by atoms with Crippen LogP contribution in [0.5, 0.6) is 11.5 Å². The van der Waals surface area contributed by atoms with E-state index in [0.717, 1.165) is 56.4 Å². The normalized spacial score (nSPS) is 18.6. The van der Waals surface area contributed by atoms with E-state index in [4.69, 9.17) is 19.2 Å². The lowest BCUT2D eigenvalue weighted by molar-refractivity contribution is 0.131. The Balaban J connectivity index is 0.00000450. The van der Waals surface area contributed by atoms with Crippen molar-refractivity contribution in [1.29, 1.82) is 0 Å². The zero-order valence-electron chi connectivity index (χ0n) is 18.5. The molecular formula is C22H38IN3O4. The molecule has 1 aliphatic rings. The zero-order chi connectivity index (χ0) is 21.0. The predicted molar refractivity (Wildman–Crippen MR) is 131 cm³/mol. The van der Waals surface area contributed by atoms with E-state index < -0.39 is 0 Å². The molecule has 0 aromatic heterocycles. The molecule has 172 valence electrons. The number of aliphatic hydroxyl groups excluding tert-OH is 1. The molecular weight excluding hydrogens is 497 g/mol. The van der Waals surface area contributed by atoms with Crippen LogP contribution in [0.15, 0.2) is 23.2 Å². The van der Waals surface area contributed by atoms with Gasteiger partial charge in [0.25, 0.3) is 0 Å². The average molecular weight is 535 g/mol. The van der Waals surface area contributed by atoms with Crippen molar-refractivity contribution in [2.75, 3.05) is 52.7 Å². The SMILES string of the molecule is CCNC(=NCC1(CCO)CCOC1)NCCc1ccc(OCC)c(OCC)c1.I. The van der Waals surface area contributed by atoms with Crippen LogP contribution in [-0.2, 0) is 11.2 Å². The third kappa shape index (κ3) is 8.47. The fraction of sp³-hybridized carbons (Fsp3) is 0.682. The number of hydrogen-bond acceptors (Lipinski definition) is 5. The van der Waals surface area contributed by atoms with Gasteiger partial charge in [-0.25, -0.2) is 0 Å². The Hall–Kier alpha value is -1.26. The number of guanidine groups is 1. The molecule has 2 rings (SSSR count). The topological polar surface area (TPSA) is 84.3 Å². The van der Waals surface area contributed by atoms with Crippen LogP contribution in [0.25, 0.3) is 0 Å². The highest BCUT2D eigenvalue weighted by Gasteiger charge is 2.34. The van der Waals surface area contributed by atoms with Crippen molar-refractivity contribution in [2.24, 2.45) is 10.4 Å².